The molecule has 0 spiro atoms. The van der Waals surface area contributed by atoms with Gasteiger partial charge in [0.05, 0.1) is 5.60 Å². The van der Waals surface area contributed by atoms with E-state index in [2.05, 4.69) is 17.1 Å². The minimum absolute atomic E-state index is 0.114. The van der Waals surface area contributed by atoms with Gasteiger partial charge in [-0.15, -0.1) is 0 Å². The Morgan fingerprint density at radius 2 is 1.94 bits per heavy atom. The molecule has 194 valence electrons. The van der Waals surface area contributed by atoms with E-state index in [-0.39, 0.29) is 11.5 Å². The fraction of sp³-hybridized carbons (Fsp3) is 0.786. The van der Waals surface area contributed by atoms with Gasteiger partial charge < -0.3 is 15.2 Å². The Kier molecular flexibility index (Phi) is 10.8. The van der Waals surface area contributed by atoms with E-state index in [1.54, 1.807) is 13.2 Å². The van der Waals surface area contributed by atoms with Crippen LogP contribution in [-0.4, -0.2) is 56.4 Å². The number of halogens is 2. The number of likely N-dealkylation sites (tertiary alicyclic amines) is 1. The third-order valence-corrected chi connectivity index (χ3v) is 8.40. The van der Waals surface area contributed by atoms with Gasteiger partial charge in [0.15, 0.2) is 11.6 Å². The second-order valence-electron chi connectivity index (χ2n) is 10.9. The van der Waals surface area contributed by atoms with Crippen LogP contribution in [0.2, 0.25) is 0 Å². The molecule has 0 aromatic heterocycles. The van der Waals surface area contributed by atoms with Gasteiger partial charge in [0.1, 0.15) is 0 Å². The maximum absolute atomic E-state index is 15.0. The summed E-state index contributed by atoms with van der Waals surface area (Å²) in [4.78, 5) is 2.51. The quantitative estimate of drug-likeness (QED) is 0.389. The molecule has 3 atom stereocenters. The Balaban J connectivity index is 1.78. The highest BCUT2D eigenvalue weighted by Gasteiger charge is 2.43. The summed E-state index contributed by atoms with van der Waals surface area (Å²) >= 11 is 0. The van der Waals surface area contributed by atoms with Gasteiger partial charge in [-0.25, -0.2) is 8.78 Å². The lowest BCUT2D eigenvalue weighted by Crippen LogP contribution is -2.52. The van der Waals surface area contributed by atoms with E-state index in [4.69, 9.17) is 4.74 Å². The molecule has 3 rings (SSSR count). The van der Waals surface area contributed by atoms with Crippen LogP contribution in [0.3, 0.4) is 0 Å². The van der Waals surface area contributed by atoms with Gasteiger partial charge >= 0.3 is 0 Å². The molecule has 1 aromatic carbocycles. The third-order valence-electron chi connectivity index (χ3n) is 8.40. The number of ether oxygens (including phenoxy) is 1. The molecule has 0 amide bonds. The second kappa shape index (κ2) is 13.3. The van der Waals surface area contributed by atoms with Crippen molar-refractivity contribution in [2.75, 3.05) is 40.4 Å². The summed E-state index contributed by atoms with van der Waals surface area (Å²) in [6.45, 7) is 5.58. The molecule has 1 aliphatic carbocycles. The second-order valence-corrected chi connectivity index (χ2v) is 10.9. The SMILES string of the molecule is CNCC(CC1CCC(C)CC1)N1CCCC([C@@](O)(CCCCOC)c2cccc(F)c2F)C1. The Bertz CT molecular complexity index is 741. The lowest BCUT2D eigenvalue weighted by molar-refractivity contribution is -0.0715. The van der Waals surface area contributed by atoms with E-state index in [0.717, 1.165) is 50.3 Å². The zero-order valence-electron chi connectivity index (χ0n) is 21.5. The molecule has 6 heteroatoms. The van der Waals surface area contributed by atoms with Crippen LogP contribution in [-0.2, 0) is 10.3 Å². The number of benzene rings is 1. The van der Waals surface area contributed by atoms with Crippen molar-refractivity contribution in [3.8, 4) is 0 Å². The molecule has 1 aliphatic heterocycles. The van der Waals surface area contributed by atoms with E-state index in [0.29, 0.717) is 32.0 Å². The molecular weight excluding hydrogens is 434 g/mol. The topological polar surface area (TPSA) is 44.7 Å². The van der Waals surface area contributed by atoms with Gasteiger partial charge in [0.2, 0.25) is 0 Å². The van der Waals surface area contributed by atoms with Crippen molar-refractivity contribution in [1.29, 1.82) is 0 Å². The summed E-state index contributed by atoms with van der Waals surface area (Å²) in [5, 5.41) is 15.4. The molecule has 1 saturated heterocycles. The van der Waals surface area contributed by atoms with E-state index < -0.39 is 17.2 Å². The fourth-order valence-electron chi connectivity index (χ4n) is 6.31. The molecule has 4 nitrogen and oxygen atoms in total. The number of unbranched alkanes of at least 4 members (excludes halogenated alkanes) is 1. The van der Waals surface area contributed by atoms with Crippen LogP contribution >= 0.6 is 0 Å². The van der Waals surface area contributed by atoms with Crippen LogP contribution in [0.1, 0.15) is 76.7 Å². The van der Waals surface area contributed by atoms with Crippen molar-refractivity contribution in [1.82, 2.24) is 10.2 Å². The zero-order valence-corrected chi connectivity index (χ0v) is 21.5. The highest BCUT2D eigenvalue weighted by Crippen LogP contribution is 2.42. The first-order valence-corrected chi connectivity index (χ1v) is 13.4. The standard InChI is InChI=1S/C28H46F2N2O2/c1-21-11-13-22(14-12-21)18-24(19-31-2)32-16-7-8-23(20-32)28(33,15-4-5-17-34-3)25-9-6-10-26(29)27(25)30/h6,9-10,21-24,31,33H,4-5,7-8,11-20H2,1-3H3/t21?,22?,23?,24?,28-/m0/s1. The first-order chi connectivity index (χ1) is 16.4. The van der Waals surface area contributed by atoms with Crippen molar-refractivity contribution < 1.29 is 18.6 Å². The predicted molar refractivity (Wildman–Crippen MR) is 134 cm³/mol. The maximum atomic E-state index is 15.0. The van der Waals surface area contributed by atoms with Crippen LogP contribution in [0.25, 0.3) is 0 Å². The number of hydrogen-bond donors (Lipinski definition) is 2. The largest absolute Gasteiger partial charge is 0.385 e. The van der Waals surface area contributed by atoms with Gasteiger partial charge in [-0.05, 0) is 70.0 Å². The van der Waals surface area contributed by atoms with Gasteiger partial charge in [-0.2, -0.15) is 0 Å². The molecule has 0 bridgehead atoms. The van der Waals surface area contributed by atoms with Crippen molar-refractivity contribution in [2.24, 2.45) is 17.8 Å². The number of hydrogen-bond acceptors (Lipinski definition) is 4. The Morgan fingerprint density at radius 3 is 2.65 bits per heavy atom. The van der Waals surface area contributed by atoms with Crippen LogP contribution in [0.5, 0.6) is 0 Å². The zero-order chi connectivity index (χ0) is 24.6. The molecule has 2 fully saturated rings. The number of aliphatic hydroxyl groups is 1. The average Bonchev–Trinajstić information content (AvgIpc) is 2.84. The number of methoxy groups -OCH3 is 1. The molecular formula is C28H46F2N2O2. The van der Waals surface area contributed by atoms with E-state index >= 15 is 0 Å². The molecule has 2 aliphatic rings. The number of nitrogens with zero attached hydrogens (tertiary/aromatic N) is 1. The average molecular weight is 481 g/mol. The summed E-state index contributed by atoms with van der Waals surface area (Å²) in [6.07, 6.45) is 10.1. The van der Waals surface area contributed by atoms with E-state index in [9.17, 15) is 13.9 Å². The van der Waals surface area contributed by atoms with Gasteiger partial charge in [0, 0.05) is 44.3 Å². The van der Waals surface area contributed by atoms with E-state index in [1.165, 1.54) is 38.2 Å². The summed E-state index contributed by atoms with van der Waals surface area (Å²) in [5.74, 6) is -0.334. The first kappa shape index (κ1) is 27.5. The Morgan fingerprint density at radius 1 is 1.18 bits per heavy atom. The van der Waals surface area contributed by atoms with E-state index in [1.807, 2.05) is 7.05 Å². The molecule has 34 heavy (non-hydrogen) atoms. The first-order valence-electron chi connectivity index (χ1n) is 13.4. The number of rotatable bonds is 12. The van der Waals surface area contributed by atoms with Crippen LogP contribution in [0.15, 0.2) is 18.2 Å². The van der Waals surface area contributed by atoms with Gasteiger partial charge in [0.25, 0.3) is 0 Å². The minimum atomic E-state index is -1.39. The molecule has 2 unspecified atom stereocenters. The van der Waals surface area contributed by atoms with Gasteiger partial charge in [-0.3, -0.25) is 4.90 Å². The number of nitrogens with one attached hydrogen (secondary N) is 1. The molecule has 1 aromatic rings. The summed E-state index contributed by atoms with van der Waals surface area (Å²) < 4.78 is 34.3. The van der Waals surface area contributed by atoms with Crippen LogP contribution in [0.4, 0.5) is 8.78 Å². The van der Waals surface area contributed by atoms with Crippen LogP contribution < -0.4 is 5.32 Å². The highest BCUT2D eigenvalue weighted by atomic mass is 19.2. The van der Waals surface area contributed by atoms with Gasteiger partial charge in [-0.1, -0.05) is 44.7 Å². The minimum Gasteiger partial charge on any atom is -0.385 e. The number of likely N-dealkylation sites (N-methyl/N-ethyl adjacent to an activating group) is 1. The third kappa shape index (κ3) is 6.99. The normalized spacial score (nSPS) is 26.8. The molecule has 1 heterocycles. The molecule has 0 radical (unpaired) electrons. The monoisotopic (exact) mass is 480 g/mol. The summed E-state index contributed by atoms with van der Waals surface area (Å²) in [6, 6.07) is 4.62. The smallest absolute Gasteiger partial charge is 0.164 e. The van der Waals surface area contributed by atoms with Crippen molar-refractivity contribution in [2.45, 2.75) is 82.8 Å². The highest BCUT2D eigenvalue weighted by molar-refractivity contribution is 5.27. The summed E-state index contributed by atoms with van der Waals surface area (Å²) in [7, 11) is 3.66. The lowest BCUT2D eigenvalue weighted by atomic mass is 9.73. The Labute approximate surface area is 205 Å². The molecule has 1 saturated carbocycles. The Hall–Kier alpha value is -1.08. The van der Waals surface area contributed by atoms with Crippen LogP contribution in [0, 0.1) is 29.4 Å². The maximum Gasteiger partial charge on any atom is 0.164 e. The van der Waals surface area contributed by atoms with Crippen molar-refractivity contribution in [3.05, 3.63) is 35.4 Å². The van der Waals surface area contributed by atoms with Crippen molar-refractivity contribution >= 4 is 0 Å². The lowest BCUT2D eigenvalue weighted by Gasteiger charge is -2.46. The predicted octanol–water partition coefficient (Wildman–Crippen LogP) is 5.49. The summed E-state index contributed by atoms with van der Waals surface area (Å²) in [5.41, 5.74) is -1.27. The fourth-order valence-corrected chi connectivity index (χ4v) is 6.31. The molecule has 2 N–H and O–H groups in total. The van der Waals surface area contributed by atoms with Crippen molar-refractivity contribution in [3.63, 3.8) is 0 Å². The number of piperidine rings is 1.